The molecule has 13 rings (SSSR count). The molecule has 0 unspecified atom stereocenters. The summed E-state index contributed by atoms with van der Waals surface area (Å²) in [5, 5.41) is 9.30. The fraction of sp³-hybridized carbons (Fsp3) is 0.0690. The zero-order chi connectivity index (χ0) is 42.7. The van der Waals surface area contributed by atoms with Gasteiger partial charge in [-0.05, 0) is 74.6 Å². The van der Waals surface area contributed by atoms with Gasteiger partial charge in [-0.3, -0.25) is 4.40 Å². The average Bonchev–Trinajstić information content (AvgIpc) is 3.99. The molecule has 13 aromatic rings. The third-order valence-electron chi connectivity index (χ3n) is 12.9. The van der Waals surface area contributed by atoms with Crippen LogP contribution in [-0.4, -0.2) is 18.4 Å². The fourth-order valence-electron chi connectivity index (χ4n) is 9.93. The molecule has 6 nitrogen and oxygen atoms in total. The average molecular weight is 1020 g/mol. The Labute approximate surface area is 389 Å². The minimum Gasteiger partial charge on any atom is -0.510 e. The van der Waals surface area contributed by atoms with Crippen LogP contribution in [0.25, 0.3) is 98.7 Å². The van der Waals surface area contributed by atoms with Crippen LogP contribution in [0.5, 0.6) is 11.5 Å². The first-order valence-corrected chi connectivity index (χ1v) is 21.7. The van der Waals surface area contributed by atoms with Gasteiger partial charge in [-0.15, -0.1) is 29.7 Å². The Hall–Kier alpha value is -7.53. The van der Waals surface area contributed by atoms with Crippen LogP contribution in [0.2, 0.25) is 0 Å². The first-order valence-electron chi connectivity index (χ1n) is 21.7. The molecule has 0 fully saturated rings. The molecule has 0 aliphatic carbocycles. The molecular formula is C58H39N5OPt-2. The van der Waals surface area contributed by atoms with Crippen molar-refractivity contribution in [3.63, 3.8) is 0 Å². The van der Waals surface area contributed by atoms with Crippen LogP contribution in [0.3, 0.4) is 0 Å². The van der Waals surface area contributed by atoms with Crippen LogP contribution < -0.4 is 9.30 Å². The van der Waals surface area contributed by atoms with E-state index in [4.69, 9.17) is 9.72 Å². The number of rotatable bonds is 4. The van der Waals surface area contributed by atoms with Crippen LogP contribution in [0.1, 0.15) is 26.3 Å². The summed E-state index contributed by atoms with van der Waals surface area (Å²) in [6.45, 7) is 6.68. The van der Waals surface area contributed by atoms with Crippen LogP contribution in [0.15, 0.2) is 182 Å². The Morgan fingerprint density at radius 2 is 1.09 bits per heavy atom. The van der Waals surface area contributed by atoms with Gasteiger partial charge in [0, 0.05) is 60.4 Å². The summed E-state index contributed by atoms with van der Waals surface area (Å²) in [4.78, 5) is 4.86. The van der Waals surface area contributed by atoms with E-state index in [0.29, 0.717) is 11.5 Å². The molecule has 5 heterocycles. The molecule has 65 heavy (non-hydrogen) atoms. The molecule has 0 aliphatic rings. The number of hydrogen-bond acceptors (Lipinski definition) is 2. The molecule has 0 spiro atoms. The minimum absolute atomic E-state index is 0. The maximum Gasteiger partial charge on any atom is 0.268 e. The summed E-state index contributed by atoms with van der Waals surface area (Å²) < 4.78 is 15.7. The minimum atomic E-state index is -0.0304. The van der Waals surface area contributed by atoms with Crippen LogP contribution in [-0.2, 0) is 26.5 Å². The molecule has 7 heteroatoms. The van der Waals surface area contributed by atoms with Gasteiger partial charge < -0.3 is 18.3 Å². The van der Waals surface area contributed by atoms with Gasteiger partial charge >= 0.3 is 0 Å². The fourth-order valence-corrected chi connectivity index (χ4v) is 9.93. The summed E-state index contributed by atoms with van der Waals surface area (Å²) in [7, 11) is 0. The summed E-state index contributed by atoms with van der Waals surface area (Å²) in [6, 6.07) is 69.6. The predicted molar refractivity (Wildman–Crippen MR) is 260 cm³/mol. The maximum atomic E-state index is 6.69. The van der Waals surface area contributed by atoms with E-state index in [0.717, 1.165) is 71.7 Å². The summed E-state index contributed by atoms with van der Waals surface area (Å²) >= 11 is 0. The number of aromatic nitrogens is 5. The van der Waals surface area contributed by atoms with Crippen molar-refractivity contribution in [2.75, 3.05) is 0 Å². The second kappa shape index (κ2) is 14.8. The van der Waals surface area contributed by atoms with Crippen molar-refractivity contribution in [3.8, 4) is 23.0 Å². The van der Waals surface area contributed by atoms with Crippen molar-refractivity contribution in [1.29, 1.82) is 0 Å². The molecule has 0 radical (unpaired) electrons. The van der Waals surface area contributed by atoms with Crippen molar-refractivity contribution in [2.24, 2.45) is 0 Å². The van der Waals surface area contributed by atoms with E-state index < -0.39 is 0 Å². The first kappa shape index (κ1) is 39.1. The molecule has 0 bridgehead atoms. The number of hydrogen-bond donors (Lipinski definition) is 0. The molecule has 8 aromatic carbocycles. The number of nitrogens with zero attached hydrogens (tertiary/aromatic N) is 5. The molecule has 0 N–H and O–H groups in total. The normalized spacial score (nSPS) is 12.1. The van der Waals surface area contributed by atoms with Gasteiger partial charge in [0.1, 0.15) is 5.82 Å². The quantitative estimate of drug-likeness (QED) is 0.130. The van der Waals surface area contributed by atoms with Gasteiger partial charge in [0.25, 0.3) is 6.33 Å². The molecule has 314 valence electrons. The predicted octanol–water partition coefficient (Wildman–Crippen LogP) is 13.8. The Balaban J connectivity index is 0.00000444. The first-order chi connectivity index (χ1) is 31.4. The Bertz CT molecular complexity index is 4110. The maximum absolute atomic E-state index is 6.69. The van der Waals surface area contributed by atoms with Crippen molar-refractivity contribution in [2.45, 2.75) is 26.2 Å². The van der Waals surface area contributed by atoms with E-state index in [2.05, 4.69) is 215 Å². The second-order valence-corrected chi connectivity index (χ2v) is 17.6. The number of pyridine rings is 1. The van der Waals surface area contributed by atoms with E-state index in [9.17, 15) is 0 Å². The number of ether oxygens (including phenoxy) is 1. The van der Waals surface area contributed by atoms with Crippen LogP contribution in [0, 0.1) is 18.5 Å². The smallest absolute Gasteiger partial charge is 0.268 e. The van der Waals surface area contributed by atoms with Gasteiger partial charge in [-0.1, -0.05) is 135 Å². The summed E-state index contributed by atoms with van der Waals surface area (Å²) in [5.41, 5.74) is 10.4. The zero-order valence-electron chi connectivity index (χ0n) is 35.8. The number of imidazole rings is 1. The van der Waals surface area contributed by atoms with E-state index in [-0.39, 0.29) is 26.5 Å². The third-order valence-corrected chi connectivity index (χ3v) is 12.9. The number of benzene rings is 8. The van der Waals surface area contributed by atoms with E-state index in [1.165, 1.54) is 32.6 Å². The molecule has 0 saturated heterocycles. The summed E-state index contributed by atoms with van der Waals surface area (Å²) in [6.07, 6.45) is 5.73. The molecule has 5 aromatic heterocycles. The SMILES string of the molecule is CC(C)(C)c1ccnc(-n2c3[c-]c(Oc4[c-]c(-[n+]5[c-]n6c7ccccc7n7c8ccccc8c8cccc(c9ccccc9c9cccc5c96)c87)ccc4)ccc3c3ccccc32)c1.[Pt]. The van der Waals surface area contributed by atoms with Gasteiger partial charge in [0.05, 0.1) is 33.1 Å². The Kier molecular flexibility index (Phi) is 8.88. The molecule has 0 saturated carbocycles. The number of fused-ring (bicyclic) bond motifs is 12. The molecule has 0 atom stereocenters. The Morgan fingerprint density at radius 3 is 1.85 bits per heavy atom. The van der Waals surface area contributed by atoms with Crippen LogP contribution >= 0.6 is 0 Å². The van der Waals surface area contributed by atoms with Crippen molar-refractivity contribution in [1.82, 2.24) is 18.4 Å². The van der Waals surface area contributed by atoms with E-state index in [1.54, 1.807) is 0 Å². The van der Waals surface area contributed by atoms with Crippen molar-refractivity contribution < 1.29 is 30.4 Å². The second-order valence-electron chi connectivity index (χ2n) is 17.6. The van der Waals surface area contributed by atoms with Gasteiger partial charge in [-0.2, -0.15) is 18.2 Å². The van der Waals surface area contributed by atoms with Gasteiger partial charge in [-0.25, -0.2) is 4.98 Å². The Morgan fingerprint density at radius 1 is 0.508 bits per heavy atom. The topological polar surface area (TPSA) is 39.8 Å². The monoisotopic (exact) mass is 1020 g/mol. The van der Waals surface area contributed by atoms with E-state index in [1.807, 2.05) is 24.4 Å². The van der Waals surface area contributed by atoms with E-state index >= 15 is 0 Å². The number of para-hydroxylation sites is 6. The third kappa shape index (κ3) is 5.97. The van der Waals surface area contributed by atoms with Gasteiger partial charge in [0.15, 0.2) is 0 Å². The molecular weight excluding hydrogens is 978 g/mol. The van der Waals surface area contributed by atoms with Crippen molar-refractivity contribution in [3.05, 3.63) is 206 Å². The van der Waals surface area contributed by atoms with Crippen molar-refractivity contribution >= 4 is 87.2 Å². The molecule has 0 aliphatic heterocycles. The zero-order valence-corrected chi connectivity index (χ0v) is 38.1. The molecule has 0 amide bonds. The largest absolute Gasteiger partial charge is 0.510 e. The van der Waals surface area contributed by atoms with Gasteiger partial charge in [0.2, 0.25) is 0 Å². The summed E-state index contributed by atoms with van der Waals surface area (Å²) in [5.74, 6) is 2.01. The van der Waals surface area contributed by atoms with Crippen LogP contribution in [0.4, 0.5) is 0 Å². The standard InChI is InChI=1S/C58H39N5O.Pt/c1-58(2,3)37-31-32-59-55(33-37)62-49-24-8-6-19-43(49)45-30-29-40(35-54(45)62)64-39-16-12-15-38(34-39)60-36-61-51-26-10-11-27-52(51)63-50-25-9-7-20-44(50)48-22-13-21-46(56(48)63)41-17-4-5-18-42(41)47-23-14-28-53(60)57(47)61;/h4-33H,1-3H3;/q-2;.